The van der Waals surface area contributed by atoms with Gasteiger partial charge in [-0.1, -0.05) is 13.8 Å². The predicted molar refractivity (Wildman–Crippen MR) is 135 cm³/mol. The Kier molecular flexibility index (Phi) is 6.71. The van der Waals surface area contributed by atoms with Crippen LogP contribution in [0, 0.1) is 31.1 Å². The summed E-state index contributed by atoms with van der Waals surface area (Å²) >= 11 is 0. The van der Waals surface area contributed by atoms with Crippen LogP contribution in [-0.4, -0.2) is 46.0 Å². The van der Waals surface area contributed by atoms with Gasteiger partial charge in [0, 0.05) is 43.4 Å². The zero-order chi connectivity index (χ0) is 26.1. The number of hydrogen-bond donors (Lipinski definition) is 1. The van der Waals surface area contributed by atoms with E-state index < -0.39 is 0 Å². The fourth-order valence-electron chi connectivity index (χ4n) is 4.50. The van der Waals surface area contributed by atoms with E-state index in [1.165, 1.54) is 0 Å². The average Bonchev–Trinajstić information content (AvgIpc) is 3.40. The molecule has 0 radical (unpaired) electrons. The molecular weight excluding hydrogens is 458 g/mol. The van der Waals surface area contributed by atoms with Crippen LogP contribution in [0.25, 0.3) is 16.5 Å². The molecule has 9 heteroatoms. The molecule has 4 aromatic rings. The first-order valence-corrected chi connectivity index (χ1v) is 11.9. The summed E-state index contributed by atoms with van der Waals surface area (Å²) in [5, 5.41) is 16.8. The van der Waals surface area contributed by atoms with E-state index in [-0.39, 0.29) is 23.8 Å². The van der Waals surface area contributed by atoms with Gasteiger partial charge in [-0.2, -0.15) is 10.4 Å². The lowest BCUT2D eigenvalue weighted by atomic mass is 9.90. The third kappa shape index (κ3) is 3.94. The molecule has 1 aromatic carbocycles. The van der Waals surface area contributed by atoms with E-state index in [4.69, 9.17) is 14.4 Å². The molecule has 0 saturated carbocycles. The highest BCUT2D eigenvalue weighted by Crippen LogP contribution is 2.35. The topological polar surface area (TPSA) is 113 Å². The number of carbonyl (C=O) groups is 2. The maximum Gasteiger partial charge on any atom is 0.256 e. The number of carbonyl (C=O) groups excluding carboxylic acids is 2. The minimum atomic E-state index is -0.209. The summed E-state index contributed by atoms with van der Waals surface area (Å²) in [5.41, 5.74) is 2.99. The van der Waals surface area contributed by atoms with Crippen LogP contribution in [0.3, 0.4) is 0 Å². The van der Waals surface area contributed by atoms with Gasteiger partial charge in [0.25, 0.3) is 11.8 Å². The van der Waals surface area contributed by atoms with Crippen LogP contribution in [0.15, 0.2) is 41.1 Å². The fourth-order valence-corrected chi connectivity index (χ4v) is 4.50. The normalized spacial score (nSPS) is 16.6. The lowest BCUT2D eigenvalue weighted by Crippen LogP contribution is -2.56. The zero-order valence-electron chi connectivity index (χ0n) is 21.2. The molecule has 1 fully saturated rings. The van der Waals surface area contributed by atoms with Crippen molar-refractivity contribution in [1.82, 2.24) is 19.8 Å². The van der Waals surface area contributed by atoms with Gasteiger partial charge < -0.3 is 19.4 Å². The molecule has 2 atom stereocenters. The van der Waals surface area contributed by atoms with Crippen LogP contribution in [0.4, 0.5) is 0 Å². The van der Waals surface area contributed by atoms with E-state index in [0.29, 0.717) is 51.4 Å². The Morgan fingerprint density at radius 2 is 2.00 bits per heavy atom. The van der Waals surface area contributed by atoms with Gasteiger partial charge in [0.2, 0.25) is 0 Å². The van der Waals surface area contributed by atoms with Crippen molar-refractivity contribution in [3.8, 4) is 17.6 Å². The molecule has 1 aliphatic heterocycles. The van der Waals surface area contributed by atoms with Gasteiger partial charge in [-0.25, -0.2) is 4.52 Å². The van der Waals surface area contributed by atoms with Crippen LogP contribution in [0.1, 0.15) is 52.8 Å². The van der Waals surface area contributed by atoms with Crippen LogP contribution >= 0.6 is 0 Å². The second-order valence-electron chi connectivity index (χ2n) is 8.46. The number of nitrogens with zero attached hydrogens (tertiary/aromatic N) is 4. The van der Waals surface area contributed by atoms with E-state index in [9.17, 15) is 9.59 Å². The third-order valence-corrected chi connectivity index (χ3v) is 6.53. The van der Waals surface area contributed by atoms with Gasteiger partial charge in [-0.3, -0.25) is 9.59 Å². The number of furan rings is 1. The number of benzene rings is 1. The van der Waals surface area contributed by atoms with E-state index >= 15 is 0 Å². The summed E-state index contributed by atoms with van der Waals surface area (Å²) in [6.45, 7) is 9.92. The lowest BCUT2D eigenvalue weighted by molar-refractivity contribution is 0.0358. The summed E-state index contributed by atoms with van der Waals surface area (Å²) in [7, 11) is 1.58. The monoisotopic (exact) mass is 487 g/mol. The largest absolute Gasteiger partial charge is 0.460 e. The molecule has 1 saturated heterocycles. The number of likely N-dealkylation sites (tertiary alicyclic amines) is 1. The summed E-state index contributed by atoms with van der Waals surface area (Å²) < 4.78 is 13.6. The average molecular weight is 488 g/mol. The second-order valence-corrected chi connectivity index (χ2v) is 8.46. The summed E-state index contributed by atoms with van der Waals surface area (Å²) in [4.78, 5) is 27.0. The number of fused-ring (bicyclic) bond motifs is 2. The number of hydrogen-bond acceptors (Lipinski definition) is 6. The summed E-state index contributed by atoms with van der Waals surface area (Å²) in [6, 6.07) is 9.15. The highest BCUT2D eigenvalue weighted by Gasteiger charge is 2.40. The van der Waals surface area contributed by atoms with Crippen molar-refractivity contribution in [2.45, 2.75) is 40.7 Å². The number of aromatic nitrogens is 2. The minimum absolute atomic E-state index is 0.119. The van der Waals surface area contributed by atoms with Crippen LogP contribution < -0.4 is 10.1 Å². The summed E-state index contributed by atoms with van der Waals surface area (Å²) in [5.74, 6) is 1.12. The zero-order valence-corrected chi connectivity index (χ0v) is 21.2. The Morgan fingerprint density at radius 3 is 2.67 bits per heavy atom. The van der Waals surface area contributed by atoms with Gasteiger partial charge in [0.05, 0.1) is 29.3 Å². The molecule has 9 nitrogen and oxygen atoms in total. The molecule has 2 amide bonds. The van der Waals surface area contributed by atoms with E-state index in [0.717, 1.165) is 5.56 Å². The SMILES string of the molecule is CC.CNC(=O)c1c(C)oc2cc(Oc3ccnn4cc(C(=O)N5CC(C#N)C5C)c(C)c34)ccc12. The van der Waals surface area contributed by atoms with Crippen molar-refractivity contribution in [2.75, 3.05) is 13.6 Å². The number of ether oxygens (including phenoxy) is 1. The predicted octanol–water partition coefficient (Wildman–Crippen LogP) is 4.86. The van der Waals surface area contributed by atoms with E-state index in [2.05, 4.69) is 16.5 Å². The Morgan fingerprint density at radius 1 is 1.25 bits per heavy atom. The Hall–Kier alpha value is -4.32. The van der Waals surface area contributed by atoms with Gasteiger partial charge in [-0.15, -0.1) is 0 Å². The number of nitrogens with one attached hydrogen (secondary N) is 1. The third-order valence-electron chi connectivity index (χ3n) is 6.53. The molecule has 0 aliphatic carbocycles. The molecule has 1 aliphatic rings. The first-order chi connectivity index (χ1) is 17.3. The number of aryl methyl sites for hydroxylation is 2. The van der Waals surface area contributed by atoms with Gasteiger partial charge in [-0.05, 0) is 38.5 Å². The highest BCUT2D eigenvalue weighted by atomic mass is 16.5. The van der Waals surface area contributed by atoms with E-state index in [1.807, 2.05) is 27.7 Å². The summed E-state index contributed by atoms with van der Waals surface area (Å²) in [6.07, 6.45) is 3.30. The molecule has 0 bridgehead atoms. The Labute approximate surface area is 209 Å². The van der Waals surface area contributed by atoms with E-state index in [1.54, 1.807) is 60.0 Å². The Balaban J connectivity index is 0.00000148. The molecule has 36 heavy (non-hydrogen) atoms. The first-order valence-electron chi connectivity index (χ1n) is 11.9. The van der Waals surface area contributed by atoms with Crippen molar-refractivity contribution >= 4 is 28.3 Å². The second kappa shape index (κ2) is 9.74. The number of nitriles is 1. The quantitative estimate of drug-likeness (QED) is 0.440. The van der Waals surface area contributed by atoms with Crippen molar-refractivity contribution in [3.05, 3.63) is 59.1 Å². The maximum atomic E-state index is 13.1. The maximum absolute atomic E-state index is 13.1. The molecule has 5 rings (SSSR count). The molecule has 3 aromatic heterocycles. The minimum Gasteiger partial charge on any atom is -0.460 e. The van der Waals surface area contributed by atoms with Gasteiger partial charge >= 0.3 is 0 Å². The lowest BCUT2D eigenvalue weighted by Gasteiger charge is -2.42. The van der Waals surface area contributed by atoms with Crippen LogP contribution in [0.5, 0.6) is 11.5 Å². The fraction of sp³-hybridized carbons (Fsp3) is 0.333. The molecule has 0 spiro atoms. The smallest absolute Gasteiger partial charge is 0.256 e. The molecule has 4 heterocycles. The standard InChI is InChI=1S/C25H23N5O4.C2H6/c1-13-19(25(32)29-11-16(10-26)14(29)2)12-30-23(13)20(7-8-28-30)34-17-5-6-18-21(9-17)33-15(3)22(18)24(31)27-4;1-2/h5-9,12,14,16H,11H2,1-4H3,(H,27,31);1-2H3. The molecule has 2 unspecified atom stereocenters. The molecule has 1 N–H and O–H groups in total. The van der Waals surface area contributed by atoms with Crippen molar-refractivity contribution < 1.29 is 18.7 Å². The Bertz CT molecular complexity index is 1510. The highest BCUT2D eigenvalue weighted by molar-refractivity contribution is 6.07. The van der Waals surface area contributed by atoms with Gasteiger partial charge in [0.15, 0.2) is 5.75 Å². The van der Waals surface area contributed by atoms with Crippen molar-refractivity contribution in [2.24, 2.45) is 5.92 Å². The number of amides is 2. The van der Waals surface area contributed by atoms with Crippen molar-refractivity contribution in [1.29, 1.82) is 5.26 Å². The van der Waals surface area contributed by atoms with Crippen molar-refractivity contribution in [3.63, 3.8) is 0 Å². The van der Waals surface area contributed by atoms with Crippen LogP contribution in [0.2, 0.25) is 0 Å². The van der Waals surface area contributed by atoms with Crippen LogP contribution in [-0.2, 0) is 0 Å². The first kappa shape index (κ1) is 24.8. The molecular formula is C27H29N5O4. The number of rotatable bonds is 4. The molecule has 186 valence electrons. The van der Waals surface area contributed by atoms with Gasteiger partial charge in [0.1, 0.15) is 22.6 Å².